The van der Waals surface area contributed by atoms with Gasteiger partial charge in [0.05, 0.1) is 13.7 Å². The number of β-amino-alcohol motifs (C(OH)–C–C–N with tert-alkyl or cyclic N) is 1. The molecule has 0 heterocycles. The van der Waals surface area contributed by atoms with E-state index in [0.717, 1.165) is 17.1 Å². The molecule has 0 radical (unpaired) electrons. The van der Waals surface area contributed by atoms with Crippen LogP contribution in [0.4, 0.5) is 0 Å². The first-order chi connectivity index (χ1) is 10.6. The third-order valence-corrected chi connectivity index (χ3v) is 3.64. The van der Waals surface area contributed by atoms with Crippen LogP contribution >= 0.6 is 0 Å². The van der Waals surface area contributed by atoms with Gasteiger partial charge in [0, 0.05) is 17.6 Å². The number of aliphatic hydroxyl groups excluding tert-OH is 2. The van der Waals surface area contributed by atoms with Gasteiger partial charge in [-0.2, -0.15) is 0 Å². The number of aliphatic hydroxyl groups is 2. The maximum Gasteiger partial charge on any atom is 0.123 e. The van der Waals surface area contributed by atoms with Gasteiger partial charge in [-0.3, -0.25) is 0 Å². The van der Waals surface area contributed by atoms with Gasteiger partial charge in [0.15, 0.2) is 0 Å². The summed E-state index contributed by atoms with van der Waals surface area (Å²) >= 11 is 0. The molecule has 0 aromatic heterocycles. The molecular weight excluding hydrogens is 294 g/mol. The lowest BCUT2D eigenvalue weighted by Gasteiger charge is -2.26. The van der Waals surface area contributed by atoms with Gasteiger partial charge in [0.25, 0.3) is 0 Å². The summed E-state index contributed by atoms with van der Waals surface area (Å²) in [5.74, 6) is 1.54. The van der Waals surface area contributed by atoms with Crippen molar-refractivity contribution in [3.63, 3.8) is 0 Å². The van der Waals surface area contributed by atoms with E-state index in [-0.39, 0.29) is 18.6 Å². The molecule has 5 heteroatoms. The number of rotatable bonds is 8. The van der Waals surface area contributed by atoms with E-state index in [1.165, 1.54) is 0 Å². The molecule has 0 aliphatic carbocycles. The van der Waals surface area contributed by atoms with E-state index in [0.29, 0.717) is 6.54 Å². The standard InChI is InChI=1S/C18H31NO4/c1-17(2,3)15-9-14(22-6)7-8-16(15)23-11-13(21)10-19-18(4,5)12-20/h7-9,13,19-21H,10-12H2,1-6H3/t13-/m0/s1. The average Bonchev–Trinajstić information content (AvgIpc) is 2.50. The van der Waals surface area contributed by atoms with Crippen molar-refractivity contribution >= 4 is 0 Å². The SMILES string of the molecule is COc1ccc(OC[C@@H](O)CNC(C)(C)CO)c(C(C)(C)C)c1. The van der Waals surface area contributed by atoms with Crippen molar-refractivity contribution < 1.29 is 19.7 Å². The zero-order valence-corrected chi connectivity index (χ0v) is 15.1. The highest BCUT2D eigenvalue weighted by molar-refractivity contribution is 5.44. The molecule has 0 spiro atoms. The van der Waals surface area contributed by atoms with E-state index >= 15 is 0 Å². The summed E-state index contributed by atoms with van der Waals surface area (Å²) in [6, 6.07) is 5.69. The number of hydrogen-bond acceptors (Lipinski definition) is 5. The molecule has 132 valence electrons. The number of nitrogens with one attached hydrogen (secondary N) is 1. The minimum absolute atomic E-state index is 0.00717. The highest BCUT2D eigenvalue weighted by Crippen LogP contribution is 2.34. The minimum atomic E-state index is -0.657. The Morgan fingerprint density at radius 3 is 2.35 bits per heavy atom. The largest absolute Gasteiger partial charge is 0.497 e. The predicted octanol–water partition coefficient (Wildman–Crippen LogP) is 2.09. The van der Waals surface area contributed by atoms with Crippen LogP contribution in [0.1, 0.15) is 40.2 Å². The van der Waals surface area contributed by atoms with E-state index < -0.39 is 11.6 Å². The Bertz CT molecular complexity index is 494. The van der Waals surface area contributed by atoms with Crippen molar-refractivity contribution in [3.05, 3.63) is 23.8 Å². The Labute approximate surface area is 139 Å². The Morgan fingerprint density at radius 1 is 1.17 bits per heavy atom. The molecule has 0 amide bonds. The van der Waals surface area contributed by atoms with E-state index in [1.807, 2.05) is 32.0 Å². The molecule has 1 aromatic carbocycles. The van der Waals surface area contributed by atoms with Crippen molar-refractivity contribution in [2.75, 3.05) is 26.9 Å². The van der Waals surface area contributed by atoms with Gasteiger partial charge in [-0.25, -0.2) is 0 Å². The van der Waals surface area contributed by atoms with Crippen molar-refractivity contribution in [2.24, 2.45) is 0 Å². The van der Waals surface area contributed by atoms with Gasteiger partial charge < -0.3 is 25.0 Å². The first kappa shape index (κ1) is 19.7. The molecule has 0 aliphatic heterocycles. The van der Waals surface area contributed by atoms with Gasteiger partial charge >= 0.3 is 0 Å². The topological polar surface area (TPSA) is 71.0 Å². The number of benzene rings is 1. The lowest BCUT2D eigenvalue weighted by atomic mass is 9.86. The van der Waals surface area contributed by atoms with Crippen LogP contribution in [0.3, 0.4) is 0 Å². The van der Waals surface area contributed by atoms with E-state index in [9.17, 15) is 10.2 Å². The summed E-state index contributed by atoms with van der Waals surface area (Å²) in [5, 5.41) is 22.4. The molecule has 0 aliphatic rings. The molecule has 0 saturated carbocycles. The maximum absolute atomic E-state index is 10.1. The smallest absolute Gasteiger partial charge is 0.123 e. The molecule has 0 fully saturated rings. The fourth-order valence-electron chi connectivity index (χ4n) is 2.04. The molecule has 0 bridgehead atoms. The molecule has 1 rings (SSSR count). The van der Waals surface area contributed by atoms with E-state index in [2.05, 4.69) is 26.1 Å². The minimum Gasteiger partial charge on any atom is -0.497 e. The lowest BCUT2D eigenvalue weighted by molar-refractivity contribution is 0.0898. The summed E-state index contributed by atoms with van der Waals surface area (Å²) in [7, 11) is 1.64. The van der Waals surface area contributed by atoms with Gasteiger partial charge in [-0.1, -0.05) is 20.8 Å². The third kappa shape index (κ3) is 6.37. The monoisotopic (exact) mass is 325 g/mol. The molecule has 5 nitrogen and oxygen atoms in total. The zero-order chi connectivity index (χ0) is 17.7. The Hall–Kier alpha value is -1.30. The molecule has 1 aromatic rings. The molecule has 23 heavy (non-hydrogen) atoms. The lowest BCUT2D eigenvalue weighted by Crippen LogP contribution is -2.47. The van der Waals surface area contributed by atoms with Crippen LogP contribution in [0.2, 0.25) is 0 Å². The van der Waals surface area contributed by atoms with Crippen LogP contribution in [0.5, 0.6) is 11.5 Å². The predicted molar refractivity (Wildman–Crippen MR) is 92.4 cm³/mol. The highest BCUT2D eigenvalue weighted by Gasteiger charge is 2.21. The molecule has 0 saturated heterocycles. The van der Waals surface area contributed by atoms with Crippen molar-refractivity contribution in [1.29, 1.82) is 0 Å². The van der Waals surface area contributed by atoms with Crippen LogP contribution in [0.15, 0.2) is 18.2 Å². The normalized spacial score (nSPS) is 13.7. The zero-order valence-electron chi connectivity index (χ0n) is 15.1. The summed E-state index contributed by atoms with van der Waals surface area (Å²) in [6.45, 7) is 10.6. The first-order valence-electron chi connectivity index (χ1n) is 7.94. The molecular formula is C18H31NO4. The van der Waals surface area contributed by atoms with Crippen LogP contribution in [0.25, 0.3) is 0 Å². The fraction of sp³-hybridized carbons (Fsp3) is 0.667. The van der Waals surface area contributed by atoms with Crippen LogP contribution in [-0.4, -0.2) is 48.7 Å². The average molecular weight is 325 g/mol. The number of methoxy groups -OCH3 is 1. The van der Waals surface area contributed by atoms with Gasteiger partial charge in [-0.05, 0) is 37.5 Å². The van der Waals surface area contributed by atoms with E-state index in [4.69, 9.17) is 9.47 Å². The second-order valence-electron chi connectivity index (χ2n) is 7.50. The number of hydrogen-bond donors (Lipinski definition) is 3. The molecule has 3 N–H and O–H groups in total. The van der Waals surface area contributed by atoms with Gasteiger partial charge in [0.2, 0.25) is 0 Å². The van der Waals surface area contributed by atoms with Crippen molar-refractivity contribution in [3.8, 4) is 11.5 Å². The second kappa shape index (κ2) is 7.99. The fourth-order valence-corrected chi connectivity index (χ4v) is 2.04. The Balaban J connectivity index is 2.70. The van der Waals surface area contributed by atoms with Crippen molar-refractivity contribution in [2.45, 2.75) is 51.7 Å². The van der Waals surface area contributed by atoms with Crippen molar-refractivity contribution in [1.82, 2.24) is 5.32 Å². The first-order valence-corrected chi connectivity index (χ1v) is 7.94. The summed E-state index contributed by atoms with van der Waals surface area (Å²) in [4.78, 5) is 0. The summed E-state index contributed by atoms with van der Waals surface area (Å²) < 4.78 is 11.1. The van der Waals surface area contributed by atoms with Gasteiger partial charge in [0.1, 0.15) is 24.2 Å². The Kier molecular flexibility index (Phi) is 6.86. The second-order valence-corrected chi connectivity index (χ2v) is 7.50. The quantitative estimate of drug-likeness (QED) is 0.683. The van der Waals surface area contributed by atoms with Crippen LogP contribution in [0, 0.1) is 0 Å². The van der Waals surface area contributed by atoms with Crippen LogP contribution < -0.4 is 14.8 Å². The van der Waals surface area contributed by atoms with Crippen LogP contribution in [-0.2, 0) is 5.41 Å². The maximum atomic E-state index is 10.1. The third-order valence-electron chi connectivity index (χ3n) is 3.64. The Morgan fingerprint density at radius 2 is 1.83 bits per heavy atom. The highest BCUT2D eigenvalue weighted by atomic mass is 16.5. The van der Waals surface area contributed by atoms with E-state index in [1.54, 1.807) is 7.11 Å². The molecule has 0 unspecified atom stereocenters. The van der Waals surface area contributed by atoms with Gasteiger partial charge in [-0.15, -0.1) is 0 Å². The summed E-state index contributed by atoms with van der Waals surface area (Å²) in [6.07, 6.45) is -0.657. The summed E-state index contributed by atoms with van der Waals surface area (Å²) in [5.41, 5.74) is 0.525. The molecule has 1 atom stereocenters. The number of ether oxygens (including phenoxy) is 2.